The van der Waals surface area contributed by atoms with Gasteiger partial charge in [-0.1, -0.05) is 18.2 Å². The summed E-state index contributed by atoms with van der Waals surface area (Å²) in [6.45, 7) is 10.3. The van der Waals surface area contributed by atoms with Crippen LogP contribution < -0.4 is 5.32 Å². The molecule has 2 aliphatic rings. The van der Waals surface area contributed by atoms with Crippen molar-refractivity contribution in [3.63, 3.8) is 0 Å². The molecule has 2 saturated heterocycles. The Labute approximate surface area is 161 Å². The molecule has 2 amide bonds. The maximum atomic E-state index is 13.1. The third-order valence-corrected chi connectivity index (χ3v) is 5.83. The molecule has 1 aromatic rings. The minimum absolute atomic E-state index is 0.0217. The number of ether oxygens (including phenoxy) is 1. The quantitative estimate of drug-likeness (QED) is 0.875. The lowest BCUT2D eigenvalue weighted by atomic mass is 9.96. The van der Waals surface area contributed by atoms with Crippen molar-refractivity contribution < 1.29 is 14.3 Å². The van der Waals surface area contributed by atoms with Crippen molar-refractivity contribution in [2.45, 2.75) is 45.2 Å². The number of piperidine rings is 1. The van der Waals surface area contributed by atoms with Crippen molar-refractivity contribution >= 4 is 11.8 Å². The van der Waals surface area contributed by atoms with E-state index < -0.39 is 5.54 Å². The number of carbonyl (C=O) groups excluding carboxylic acids is 2. The molecule has 2 heterocycles. The van der Waals surface area contributed by atoms with Gasteiger partial charge in [-0.05, 0) is 45.2 Å². The van der Waals surface area contributed by atoms with Crippen LogP contribution in [0.2, 0.25) is 0 Å². The van der Waals surface area contributed by atoms with Gasteiger partial charge in [0.2, 0.25) is 5.91 Å². The molecule has 1 aromatic carbocycles. The molecular weight excluding hydrogens is 342 g/mol. The van der Waals surface area contributed by atoms with Crippen LogP contribution in [0.25, 0.3) is 0 Å². The molecule has 6 heteroatoms. The number of rotatable bonds is 4. The van der Waals surface area contributed by atoms with E-state index in [1.54, 1.807) is 0 Å². The second kappa shape index (κ2) is 8.40. The van der Waals surface area contributed by atoms with E-state index >= 15 is 0 Å². The Kier molecular flexibility index (Phi) is 6.17. The second-order valence-electron chi connectivity index (χ2n) is 8.01. The predicted octanol–water partition coefficient (Wildman–Crippen LogP) is 1.83. The summed E-state index contributed by atoms with van der Waals surface area (Å²) in [4.78, 5) is 29.7. The Hall–Kier alpha value is -1.92. The fourth-order valence-corrected chi connectivity index (χ4v) is 3.96. The number of nitrogens with zero attached hydrogens (tertiary/aromatic N) is 2. The molecule has 2 fully saturated rings. The van der Waals surface area contributed by atoms with E-state index in [-0.39, 0.29) is 17.9 Å². The largest absolute Gasteiger partial charge is 0.379 e. The summed E-state index contributed by atoms with van der Waals surface area (Å²) in [6.07, 6.45) is 1.59. The third kappa shape index (κ3) is 4.50. The van der Waals surface area contributed by atoms with Crippen molar-refractivity contribution in [3.05, 3.63) is 35.4 Å². The maximum Gasteiger partial charge on any atom is 0.251 e. The molecule has 27 heavy (non-hydrogen) atoms. The van der Waals surface area contributed by atoms with Gasteiger partial charge in [0.05, 0.1) is 18.8 Å². The zero-order valence-corrected chi connectivity index (χ0v) is 16.7. The van der Waals surface area contributed by atoms with Crippen LogP contribution in [-0.2, 0) is 9.53 Å². The van der Waals surface area contributed by atoms with Crippen molar-refractivity contribution in [2.24, 2.45) is 0 Å². The topological polar surface area (TPSA) is 61.9 Å². The normalized spacial score (nSPS) is 19.7. The van der Waals surface area contributed by atoms with Gasteiger partial charge in [0.25, 0.3) is 5.91 Å². The smallest absolute Gasteiger partial charge is 0.251 e. The average Bonchev–Trinajstić information content (AvgIpc) is 2.69. The van der Waals surface area contributed by atoms with Crippen LogP contribution in [0.1, 0.15) is 42.6 Å². The molecule has 0 radical (unpaired) electrons. The summed E-state index contributed by atoms with van der Waals surface area (Å²) in [5, 5.41) is 3.13. The first-order valence-corrected chi connectivity index (χ1v) is 9.88. The number of nitrogens with one attached hydrogen (secondary N) is 1. The van der Waals surface area contributed by atoms with E-state index in [0.717, 1.165) is 37.1 Å². The van der Waals surface area contributed by atoms with Gasteiger partial charge in [-0.2, -0.15) is 0 Å². The summed E-state index contributed by atoms with van der Waals surface area (Å²) in [5.41, 5.74) is 1.19. The third-order valence-electron chi connectivity index (χ3n) is 5.83. The van der Waals surface area contributed by atoms with Gasteiger partial charge in [0.15, 0.2) is 0 Å². The van der Waals surface area contributed by atoms with Crippen LogP contribution in [0, 0.1) is 6.92 Å². The fraction of sp³-hybridized carbons (Fsp3) is 0.619. The van der Waals surface area contributed by atoms with Gasteiger partial charge in [0, 0.05) is 37.8 Å². The minimum atomic E-state index is -0.513. The van der Waals surface area contributed by atoms with Crippen LogP contribution in [0.15, 0.2) is 24.3 Å². The number of amides is 2. The van der Waals surface area contributed by atoms with Gasteiger partial charge >= 0.3 is 0 Å². The van der Waals surface area contributed by atoms with Gasteiger partial charge in [-0.25, -0.2) is 0 Å². The van der Waals surface area contributed by atoms with Crippen LogP contribution in [0.4, 0.5) is 0 Å². The van der Waals surface area contributed by atoms with Crippen LogP contribution >= 0.6 is 0 Å². The van der Waals surface area contributed by atoms with E-state index in [2.05, 4.69) is 10.2 Å². The minimum Gasteiger partial charge on any atom is -0.379 e. The molecule has 1 N–H and O–H groups in total. The van der Waals surface area contributed by atoms with Crippen LogP contribution in [0.3, 0.4) is 0 Å². The molecule has 0 atom stereocenters. The lowest BCUT2D eigenvalue weighted by molar-refractivity contribution is -0.146. The van der Waals surface area contributed by atoms with Crippen molar-refractivity contribution in [2.75, 3.05) is 39.4 Å². The number of hydrogen-bond donors (Lipinski definition) is 1. The van der Waals surface area contributed by atoms with Gasteiger partial charge in [0.1, 0.15) is 0 Å². The van der Waals surface area contributed by atoms with E-state index in [1.165, 1.54) is 0 Å². The molecule has 2 aliphatic heterocycles. The van der Waals surface area contributed by atoms with E-state index in [1.807, 2.05) is 49.9 Å². The standard InChI is InChI=1S/C21H31N3O3/c1-16-6-4-5-7-18(16)19(25)22-17-8-10-23(11-9-17)20(26)21(2,3)24-12-14-27-15-13-24/h4-7,17H,8-15H2,1-3H3,(H,22,25). The van der Waals surface area contributed by atoms with Crippen molar-refractivity contribution in [1.29, 1.82) is 0 Å². The summed E-state index contributed by atoms with van der Waals surface area (Å²) in [6, 6.07) is 7.74. The van der Waals surface area contributed by atoms with E-state index in [0.29, 0.717) is 26.3 Å². The summed E-state index contributed by atoms with van der Waals surface area (Å²) in [5.74, 6) is 0.152. The maximum absolute atomic E-state index is 13.1. The van der Waals surface area contributed by atoms with E-state index in [4.69, 9.17) is 4.74 Å². The lowest BCUT2D eigenvalue weighted by Crippen LogP contribution is -2.60. The Balaban J connectivity index is 1.53. The zero-order valence-electron chi connectivity index (χ0n) is 16.7. The van der Waals surface area contributed by atoms with Gasteiger partial charge in [-0.15, -0.1) is 0 Å². The Morgan fingerprint density at radius 3 is 2.33 bits per heavy atom. The highest BCUT2D eigenvalue weighted by molar-refractivity contribution is 5.95. The number of carbonyl (C=O) groups is 2. The molecule has 0 spiro atoms. The SMILES string of the molecule is Cc1ccccc1C(=O)NC1CCN(C(=O)C(C)(C)N2CCOCC2)CC1. The first kappa shape index (κ1) is 19.8. The highest BCUT2D eigenvalue weighted by Gasteiger charge is 2.39. The number of aryl methyl sites for hydroxylation is 1. The van der Waals surface area contributed by atoms with Crippen LogP contribution in [0.5, 0.6) is 0 Å². The van der Waals surface area contributed by atoms with E-state index in [9.17, 15) is 9.59 Å². The molecule has 0 unspecified atom stereocenters. The molecular formula is C21H31N3O3. The summed E-state index contributed by atoms with van der Waals surface area (Å²) >= 11 is 0. The molecule has 148 valence electrons. The van der Waals surface area contributed by atoms with Gasteiger partial charge in [-0.3, -0.25) is 14.5 Å². The molecule has 0 saturated carbocycles. The molecule has 0 bridgehead atoms. The fourth-order valence-electron chi connectivity index (χ4n) is 3.96. The van der Waals surface area contributed by atoms with Gasteiger partial charge < -0.3 is 15.0 Å². The number of benzene rings is 1. The number of hydrogen-bond acceptors (Lipinski definition) is 4. The Morgan fingerprint density at radius 1 is 1.07 bits per heavy atom. The molecule has 0 aliphatic carbocycles. The second-order valence-corrected chi connectivity index (χ2v) is 8.01. The molecule has 6 nitrogen and oxygen atoms in total. The lowest BCUT2D eigenvalue weighted by Gasteiger charge is -2.43. The summed E-state index contributed by atoms with van der Waals surface area (Å²) < 4.78 is 5.41. The summed E-state index contributed by atoms with van der Waals surface area (Å²) in [7, 11) is 0. The first-order chi connectivity index (χ1) is 12.9. The van der Waals surface area contributed by atoms with Crippen molar-refractivity contribution in [3.8, 4) is 0 Å². The molecule has 3 rings (SSSR count). The van der Waals surface area contributed by atoms with Crippen LogP contribution in [-0.4, -0.2) is 72.6 Å². The number of likely N-dealkylation sites (tertiary alicyclic amines) is 1. The highest BCUT2D eigenvalue weighted by atomic mass is 16.5. The van der Waals surface area contributed by atoms with Crippen molar-refractivity contribution in [1.82, 2.24) is 15.1 Å². The molecule has 0 aromatic heterocycles. The monoisotopic (exact) mass is 373 g/mol. The highest BCUT2D eigenvalue weighted by Crippen LogP contribution is 2.22. The average molecular weight is 373 g/mol. The first-order valence-electron chi connectivity index (χ1n) is 9.88. The number of morpholine rings is 1. The Bertz CT molecular complexity index is 675. The predicted molar refractivity (Wildman–Crippen MR) is 105 cm³/mol. The zero-order chi connectivity index (χ0) is 19.4. The Morgan fingerprint density at radius 2 is 1.70 bits per heavy atom.